The maximum absolute atomic E-state index is 14.1. The minimum atomic E-state index is -0.839. The highest BCUT2D eigenvalue weighted by Gasteiger charge is 2.36. The summed E-state index contributed by atoms with van der Waals surface area (Å²) in [6.45, 7) is 6.28. The summed E-state index contributed by atoms with van der Waals surface area (Å²) in [5, 5.41) is 1.02. The van der Waals surface area contributed by atoms with Gasteiger partial charge in [0, 0.05) is 34.8 Å². The number of nitrogens with zero attached hydrogens (tertiary/aromatic N) is 2. The van der Waals surface area contributed by atoms with Crippen molar-refractivity contribution in [2.75, 3.05) is 34.0 Å². The van der Waals surface area contributed by atoms with E-state index in [-0.39, 0.29) is 24.3 Å². The summed E-state index contributed by atoms with van der Waals surface area (Å²) in [7, 11) is 3.09. The fourth-order valence-corrected chi connectivity index (χ4v) is 6.02. The van der Waals surface area contributed by atoms with E-state index >= 15 is 0 Å². The number of fused-ring (bicyclic) bond motifs is 2. The predicted molar refractivity (Wildman–Crippen MR) is 154 cm³/mol. The maximum atomic E-state index is 14.1. The van der Waals surface area contributed by atoms with Gasteiger partial charge in [-0.15, -0.1) is 0 Å². The van der Waals surface area contributed by atoms with Crippen molar-refractivity contribution in [1.82, 2.24) is 9.55 Å². The number of carbonyl (C=O) groups is 1. The zero-order valence-corrected chi connectivity index (χ0v) is 23.9. The second-order valence-electron chi connectivity index (χ2n) is 9.23. The van der Waals surface area contributed by atoms with Gasteiger partial charge in [0.15, 0.2) is 16.3 Å². The van der Waals surface area contributed by atoms with Gasteiger partial charge in [-0.25, -0.2) is 9.79 Å². The Labute approximate surface area is 235 Å². The van der Waals surface area contributed by atoms with Crippen molar-refractivity contribution < 1.29 is 23.7 Å². The van der Waals surface area contributed by atoms with Crippen molar-refractivity contribution in [3.63, 3.8) is 0 Å². The molecule has 0 radical (unpaired) electrons. The van der Waals surface area contributed by atoms with Crippen LogP contribution in [0.1, 0.15) is 36.7 Å². The fourth-order valence-electron chi connectivity index (χ4n) is 5.00. The van der Waals surface area contributed by atoms with Gasteiger partial charge >= 0.3 is 5.97 Å². The van der Waals surface area contributed by atoms with E-state index in [0.717, 1.165) is 22.2 Å². The van der Waals surface area contributed by atoms with Crippen molar-refractivity contribution in [3.8, 4) is 11.5 Å². The summed E-state index contributed by atoms with van der Waals surface area (Å²) in [5.41, 5.74) is 3.94. The minimum absolute atomic E-state index is 0.0690. The molecule has 5 rings (SSSR count). The average Bonchev–Trinajstić information content (AvgIpc) is 3.43. The number of aryl methyl sites for hydroxylation is 1. The van der Waals surface area contributed by atoms with Crippen LogP contribution >= 0.6 is 11.3 Å². The van der Waals surface area contributed by atoms with Crippen molar-refractivity contribution in [2.45, 2.75) is 26.8 Å². The fraction of sp³-hybridized carbons (Fsp3) is 0.300. The molecule has 1 aliphatic rings. The van der Waals surface area contributed by atoms with E-state index in [2.05, 4.69) is 4.98 Å². The van der Waals surface area contributed by atoms with Crippen molar-refractivity contribution in [3.05, 3.63) is 90.2 Å². The molecular formula is C30H31N3O6S. The molecule has 208 valence electrons. The van der Waals surface area contributed by atoms with Crippen molar-refractivity contribution in [2.24, 2.45) is 4.99 Å². The Bertz CT molecular complexity index is 1800. The second-order valence-corrected chi connectivity index (χ2v) is 10.2. The topological polar surface area (TPSA) is 104 Å². The van der Waals surface area contributed by atoms with Crippen molar-refractivity contribution >= 4 is 34.3 Å². The summed E-state index contributed by atoms with van der Waals surface area (Å²) in [6.07, 6.45) is 1.89. The number of allylic oxidation sites excluding steroid dienone is 1. The smallest absolute Gasteiger partial charge is 0.338 e. The molecule has 0 aliphatic carbocycles. The highest BCUT2D eigenvalue weighted by molar-refractivity contribution is 7.07. The van der Waals surface area contributed by atoms with Crippen LogP contribution < -0.4 is 24.4 Å². The number of methoxy groups -OCH3 is 2. The predicted octanol–water partition coefficient (Wildman–Crippen LogP) is 3.62. The highest BCUT2D eigenvalue weighted by atomic mass is 32.1. The van der Waals surface area contributed by atoms with Gasteiger partial charge in [0.05, 0.1) is 36.1 Å². The molecule has 9 nitrogen and oxygen atoms in total. The van der Waals surface area contributed by atoms with E-state index in [9.17, 15) is 9.59 Å². The number of H-pyrrole nitrogens is 1. The molecule has 40 heavy (non-hydrogen) atoms. The number of benzene rings is 2. The third kappa shape index (κ3) is 4.84. The molecule has 10 heteroatoms. The summed E-state index contributed by atoms with van der Waals surface area (Å²) in [4.78, 5) is 36.2. The Morgan fingerprint density at radius 2 is 1.93 bits per heavy atom. The van der Waals surface area contributed by atoms with Gasteiger partial charge in [0.25, 0.3) is 5.56 Å². The Balaban J connectivity index is 1.76. The molecule has 0 bridgehead atoms. The third-order valence-corrected chi connectivity index (χ3v) is 7.78. The lowest BCUT2D eigenvalue weighted by Gasteiger charge is -2.27. The monoisotopic (exact) mass is 561 g/mol. The first-order valence-corrected chi connectivity index (χ1v) is 13.8. The molecule has 3 heterocycles. The first-order valence-electron chi connectivity index (χ1n) is 12.9. The van der Waals surface area contributed by atoms with Crippen LogP contribution in [0, 0.1) is 6.92 Å². The molecule has 1 atom stereocenters. The number of rotatable bonds is 9. The molecule has 0 saturated heterocycles. The maximum Gasteiger partial charge on any atom is 0.338 e. The van der Waals surface area contributed by atoms with Crippen molar-refractivity contribution in [1.29, 1.82) is 0 Å². The number of aromatic amines is 1. The Morgan fingerprint density at radius 1 is 1.12 bits per heavy atom. The van der Waals surface area contributed by atoms with Crippen LogP contribution in [-0.2, 0) is 14.3 Å². The quantitative estimate of drug-likeness (QED) is 0.247. The van der Waals surface area contributed by atoms with Gasteiger partial charge in [0.1, 0.15) is 12.6 Å². The van der Waals surface area contributed by atoms with Gasteiger partial charge in [-0.2, -0.15) is 0 Å². The number of hydrogen-bond acceptors (Lipinski definition) is 8. The molecule has 0 unspecified atom stereocenters. The molecule has 1 aliphatic heterocycles. The Kier molecular flexibility index (Phi) is 7.90. The van der Waals surface area contributed by atoms with Crippen LogP contribution in [0.5, 0.6) is 11.5 Å². The lowest BCUT2D eigenvalue weighted by atomic mass is 9.94. The zero-order valence-electron chi connectivity index (χ0n) is 23.1. The summed E-state index contributed by atoms with van der Waals surface area (Å²) >= 11 is 1.28. The highest BCUT2D eigenvalue weighted by Crippen LogP contribution is 2.40. The van der Waals surface area contributed by atoms with E-state index in [1.165, 1.54) is 18.4 Å². The number of esters is 1. The van der Waals surface area contributed by atoms with Gasteiger partial charge in [-0.05, 0) is 39.0 Å². The third-order valence-electron chi connectivity index (χ3n) is 6.79. The summed E-state index contributed by atoms with van der Waals surface area (Å²) < 4.78 is 24.2. The Morgan fingerprint density at radius 3 is 2.67 bits per heavy atom. The molecule has 4 aromatic rings. The molecule has 1 N–H and O–H groups in total. The van der Waals surface area contributed by atoms with E-state index in [0.29, 0.717) is 38.7 Å². The van der Waals surface area contributed by atoms with E-state index in [1.807, 2.05) is 56.3 Å². The van der Waals surface area contributed by atoms with Crippen LogP contribution in [0.15, 0.2) is 63.5 Å². The standard InChI is InChI=1S/C30H31N3O6S/c1-6-38-27-20(11-9-13-23(27)37-5)26-25(29(35)39-15-14-36-4)18(3)32-30-33(26)28(34)24(40-30)16-21-17(2)31-22-12-8-7-10-19(21)22/h7-13,16,26,31H,6,14-15H2,1-5H3/b24-16+/t26-/m0/s1. The zero-order chi connectivity index (χ0) is 28.4. The average molecular weight is 562 g/mol. The summed E-state index contributed by atoms with van der Waals surface area (Å²) in [6, 6.07) is 12.6. The molecule has 2 aromatic carbocycles. The number of thiazole rings is 1. The normalized spacial score (nSPS) is 15.2. The Hall–Kier alpha value is -4.15. The molecule has 0 fully saturated rings. The number of hydrogen-bond donors (Lipinski definition) is 1. The van der Waals surface area contributed by atoms with Gasteiger partial charge in [-0.1, -0.05) is 41.7 Å². The number of ether oxygens (including phenoxy) is 4. The number of para-hydroxylation sites is 2. The number of nitrogens with one attached hydrogen (secondary N) is 1. The first kappa shape index (κ1) is 27.4. The van der Waals surface area contributed by atoms with E-state index in [4.69, 9.17) is 23.9 Å². The van der Waals surface area contributed by atoms with E-state index in [1.54, 1.807) is 24.7 Å². The molecule has 0 spiro atoms. The minimum Gasteiger partial charge on any atom is -0.493 e. The molecule has 0 saturated carbocycles. The lowest BCUT2D eigenvalue weighted by molar-refractivity contribution is -0.140. The second kappa shape index (κ2) is 11.5. The van der Waals surface area contributed by atoms with Crippen LogP contribution in [0.2, 0.25) is 0 Å². The van der Waals surface area contributed by atoms with Gasteiger partial charge < -0.3 is 23.9 Å². The lowest BCUT2D eigenvalue weighted by Crippen LogP contribution is -2.40. The van der Waals surface area contributed by atoms with Crippen LogP contribution in [-0.4, -0.2) is 49.6 Å². The van der Waals surface area contributed by atoms with Crippen LogP contribution in [0.4, 0.5) is 0 Å². The van der Waals surface area contributed by atoms with Crippen LogP contribution in [0.25, 0.3) is 17.0 Å². The molecular weight excluding hydrogens is 530 g/mol. The van der Waals surface area contributed by atoms with Crippen LogP contribution in [0.3, 0.4) is 0 Å². The molecule has 0 amide bonds. The number of aromatic nitrogens is 2. The first-order chi connectivity index (χ1) is 19.4. The van der Waals surface area contributed by atoms with E-state index < -0.39 is 12.0 Å². The SMILES string of the molecule is CCOc1c(OC)cccc1[C@H]1C(C(=O)OCCOC)=C(C)N=c2s/c(=C/c3c(C)[nH]c4ccccc34)c(=O)n21. The molecule has 2 aromatic heterocycles. The largest absolute Gasteiger partial charge is 0.493 e. The summed E-state index contributed by atoms with van der Waals surface area (Å²) in [5.74, 6) is 0.379. The van der Waals surface area contributed by atoms with Gasteiger partial charge in [-0.3, -0.25) is 9.36 Å². The number of carbonyl (C=O) groups excluding carboxylic acids is 1. The van der Waals surface area contributed by atoms with Gasteiger partial charge in [0.2, 0.25) is 0 Å².